The fourth-order valence-corrected chi connectivity index (χ4v) is 3.98. The van der Waals surface area contributed by atoms with Crippen molar-refractivity contribution in [1.82, 2.24) is 4.90 Å². The van der Waals surface area contributed by atoms with Crippen LogP contribution in [0.4, 0.5) is 0 Å². The number of fused-ring (bicyclic) bond motifs is 1. The van der Waals surface area contributed by atoms with Gasteiger partial charge in [0.15, 0.2) is 0 Å². The van der Waals surface area contributed by atoms with Crippen LogP contribution in [0.1, 0.15) is 59.3 Å². The van der Waals surface area contributed by atoms with E-state index in [0.717, 1.165) is 23.9 Å². The van der Waals surface area contributed by atoms with Crippen LogP contribution in [-0.2, 0) is 0 Å². The van der Waals surface area contributed by atoms with E-state index in [-0.39, 0.29) is 0 Å². The van der Waals surface area contributed by atoms with Crippen molar-refractivity contribution in [3.63, 3.8) is 0 Å². The summed E-state index contributed by atoms with van der Waals surface area (Å²) in [6.07, 6.45) is 8.62. The summed E-state index contributed by atoms with van der Waals surface area (Å²) in [5, 5.41) is 0. The first kappa shape index (κ1) is 11.4. The first-order valence-corrected chi connectivity index (χ1v) is 6.99. The fraction of sp³-hybridized carbons (Fsp3) is 1.00. The van der Waals surface area contributed by atoms with E-state index in [2.05, 4.69) is 25.7 Å². The van der Waals surface area contributed by atoms with E-state index >= 15 is 0 Å². The van der Waals surface area contributed by atoms with Gasteiger partial charge in [-0.2, -0.15) is 0 Å². The summed E-state index contributed by atoms with van der Waals surface area (Å²) < 4.78 is 0. The smallest absolute Gasteiger partial charge is 0.0124 e. The van der Waals surface area contributed by atoms with E-state index in [1.54, 1.807) is 0 Å². The third kappa shape index (κ3) is 2.22. The molecule has 0 aromatic heterocycles. The maximum atomic E-state index is 2.87. The Bertz CT molecular complexity index is 202. The van der Waals surface area contributed by atoms with Gasteiger partial charge in [-0.15, -0.1) is 0 Å². The van der Waals surface area contributed by atoms with E-state index in [0.29, 0.717) is 0 Å². The molecule has 0 aromatic rings. The van der Waals surface area contributed by atoms with E-state index < -0.39 is 0 Å². The highest BCUT2D eigenvalue weighted by Gasteiger charge is 2.39. The first-order valence-electron chi connectivity index (χ1n) is 6.99. The molecule has 2 rings (SSSR count). The van der Waals surface area contributed by atoms with E-state index in [1.807, 2.05) is 0 Å². The zero-order valence-electron chi connectivity index (χ0n) is 10.7. The molecule has 0 aromatic carbocycles. The molecule has 4 unspecified atom stereocenters. The average Bonchev–Trinajstić information content (AvgIpc) is 2.24. The van der Waals surface area contributed by atoms with Crippen molar-refractivity contribution >= 4 is 0 Å². The molecule has 2 aliphatic rings. The van der Waals surface area contributed by atoms with Crippen molar-refractivity contribution in [2.24, 2.45) is 11.8 Å². The lowest BCUT2D eigenvalue weighted by Crippen LogP contribution is -2.55. The molecule has 15 heavy (non-hydrogen) atoms. The molecule has 0 aliphatic carbocycles. The topological polar surface area (TPSA) is 3.24 Å². The molecule has 0 spiro atoms. The Hall–Kier alpha value is -0.0400. The van der Waals surface area contributed by atoms with Crippen LogP contribution in [0, 0.1) is 11.8 Å². The van der Waals surface area contributed by atoms with Gasteiger partial charge in [0.1, 0.15) is 0 Å². The predicted octanol–water partition coefficient (Wildman–Crippen LogP) is 3.69. The Kier molecular flexibility index (Phi) is 3.71. The highest BCUT2D eigenvalue weighted by molar-refractivity contribution is 4.93. The van der Waals surface area contributed by atoms with Gasteiger partial charge in [0.2, 0.25) is 0 Å². The van der Waals surface area contributed by atoms with E-state index in [4.69, 9.17) is 0 Å². The quantitative estimate of drug-likeness (QED) is 0.670. The normalized spacial score (nSPS) is 42.6. The monoisotopic (exact) mass is 209 g/mol. The van der Waals surface area contributed by atoms with Gasteiger partial charge in [-0.05, 0) is 44.1 Å². The van der Waals surface area contributed by atoms with E-state index in [9.17, 15) is 0 Å². The van der Waals surface area contributed by atoms with Gasteiger partial charge in [-0.25, -0.2) is 0 Å². The molecule has 2 fully saturated rings. The zero-order chi connectivity index (χ0) is 10.8. The molecular formula is C14H27N. The Morgan fingerprint density at radius 2 is 1.93 bits per heavy atom. The largest absolute Gasteiger partial charge is 0.297 e. The second-order valence-corrected chi connectivity index (χ2v) is 5.85. The SMILES string of the molecule is CCCC1C(C)CC(C)C2CCCCN12. The van der Waals surface area contributed by atoms with Crippen LogP contribution < -0.4 is 0 Å². The third-order valence-corrected chi connectivity index (χ3v) is 4.66. The van der Waals surface area contributed by atoms with Crippen molar-refractivity contribution in [3.8, 4) is 0 Å². The van der Waals surface area contributed by atoms with Gasteiger partial charge in [-0.1, -0.05) is 33.6 Å². The maximum Gasteiger partial charge on any atom is 0.0124 e. The van der Waals surface area contributed by atoms with Gasteiger partial charge in [0.05, 0.1) is 0 Å². The molecule has 2 heterocycles. The van der Waals surface area contributed by atoms with Crippen molar-refractivity contribution in [2.45, 2.75) is 71.4 Å². The number of hydrogen-bond donors (Lipinski definition) is 0. The summed E-state index contributed by atoms with van der Waals surface area (Å²) >= 11 is 0. The van der Waals surface area contributed by atoms with Crippen LogP contribution in [0.5, 0.6) is 0 Å². The lowest BCUT2D eigenvalue weighted by Gasteiger charge is -2.51. The zero-order valence-corrected chi connectivity index (χ0v) is 10.7. The minimum Gasteiger partial charge on any atom is -0.297 e. The van der Waals surface area contributed by atoms with Crippen LogP contribution in [0.25, 0.3) is 0 Å². The molecule has 0 amide bonds. The third-order valence-electron chi connectivity index (χ3n) is 4.66. The predicted molar refractivity (Wildman–Crippen MR) is 66.0 cm³/mol. The lowest BCUT2D eigenvalue weighted by atomic mass is 9.75. The van der Waals surface area contributed by atoms with Crippen LogP contribution in [0.2, 0.25) is 0 Å². The molecule has 2 saturated heterocycles. The van der Waals surface area contributed by atoms with Crippen LogP contribution in [0.15, 0.2) is 0 Å². The number of hydrogen-bond acceptors (Lipinski definition) is 1. The van der Waals surface area contributed by atoms with Crippen LogP contribution >= 0.6 is 0 Å². The Labute approximate surface area is 95.2 Å². The molecule has 0 N–H and O–H groups in total. The highest BCUT2D eigenvalue weighted by atomic mass is 15.2. The van der Waals surface area contributed by atoms with Crippen molar-refractivity contribution in [1.29, 1.82) is 0 Å². The number of rotatable bonds is 2. The minimum atomic E-state index is 0.900. The van der Waals surface area contributed by atoms with Crippen LogP contribution in [-0.4, -0.2) is 23.5 Å². The molecule has 1 heteroatoms. The van der Waals surface area contributed by atoms with Crippen molar-refractivity contribution in [3.05, 3.63) is 0 Å². The molecule has 2 aliphatic heterocycles. The van der Waals surface area contributed by atoms with Crippen molar-refractivity contribution in [2.75, 3.05) is 6.54 Å². The van der Waals surface area contributed by atoms with Gasteiger partial charge < -0.3 is 0 Å². The number of piperidine rings is 2. The summed E-state index contributed by atoms with van der Waals surface area (Å²) in [5.41, 5.74) is 0. The first-order chi connectivity index (χ1) is 7.24. The summed E-state index contributed by atoms with van der Waals surface area (Å²) in [4.78, 5) is 2.87. The molecule has 88 valence electrons. The maximum absolute atomic E-state index is 2.87. The summed E-state index contributed by atoms with van der Waals surface area (Å²) in [7, 11) is 0. The number of nitrogens with zero attached hydrogens (tertiary/aromatic N) is 1. The molecule has 1 nitrogen and oxygen atoms in total. The van der Waals surface area contributed by atoms with E-state index in [1.165, 1.54) is 45.1 Å². The molecule has 4 atom stereocenters. The Balaban J connectivity index is 2.08. The van der Waals surface area contributed by atoms with Gasteiger partial charge in [0, 0.05) is 12.1 Å². The van der Waals surface area contributed by atoms with Gasteiger partial charge in [-0.3, -0.25) is 4.90 Å². The molecule has 0 radical (unpaired) electrons. The molecular weight excluding hydrogens is 182 g/mol. The van der Waals surface area contributed by atoms with Crippen molar-refractivity contribution < 1.29 is 0 Å². The average molecular weight is 209 g/mol. The van der Waals surface area contributed by atoms with Gasteiger partial charge >= 0.3 is 0 Å². The summed E-state index contributed by atoms with van der Waals surface area (Å²) in [5.74, 6) is 1.86. The summed E-state index contributed by atoms with van der Waals surface area (Å²) in [6, 6.07) is 1.82. The van der Waals surface area contributed by atoms with Crippen LogP contribution in [0.3, 0.4) is 0 Å². The Morgan fingerprint density at radius 3 is 2.67 bits per heavy atom. The second kappa shape index (κ2) is 4.86. The molecule has 0 bridgehead atoms. The standard InChI is InChI=1S/C14H27N/c1-4-7-13-11(2)10-12(3)14-8-5-6-9-15(13)14/h11-14H,4-10H2,1-3H3. The minimum absolute atomic E-state index is 0.900. The van der Waals surface area contributed by atoms with Gasteiger partial charge in [0.25, 0.3) is 0 Å². The fourth-order valence-electron chi connectivity index (χ4n) is 3.98. The molecule has 0 saturated carbocycles. The Morgan fingerprint density at radius 1 is 1.13 bits per heavy atom. The lowest BCUT2D eigenvalue weighted by molar-refractivity contribution is -0.0167. The highest BCUT2D eigenvalue weighted by Crippen LogP contribution is 2.38. The summed E-state index contributed by atoms with van der Waals surface area (Å²) in [6.45, 7) is 8.66. The second-order valence-electron chi connectivity index (χ2n) is 5.85.